The molecule has 406 valence electrons. The molecule has 2 amide bonds. The van der Waals surface area contributed by atoms with Gasteiger partial charge in [-0.2, -0.15) is 0 Å². The minimum absolute atomic E-state index is 0.0270. The number of allylic oxidation sites excluding steroid dienone is 6. The summed E-state index contributed by atoms with van der Waals surface area (Å²) in [7, 11) is -17.7. The second-order valence-corrected chi connectivity index (χ2v) is 22.4. The predicted octanol–water partition coefficient (Wildman–Crippen LogP) is 2.47. The van der Waals surface area contributed by atoms with E-state index < -0.39 is 84.6 Å². The summed E-state index contributed by atoms with van der Waals surface area (Å²) in [5.74, 6) is -1.54. The quantitative estimate of drug-likeness (QED) is 0.0283. The maximum Gasteiger partial charge on any atom is 0.274 e. The highest BCUT2D eigenvalue weighted by Gasteiger charge is 2.47. The van der Waals surface area contributed by atoms with Crippen LogP contribution < -0.4 is 35.9 Å². The fourth-order valence-corrected chi connectivity index (χ4v) is 10.3. The van der Waals surface area contributed by atoms with Crippen LogP contribution in [0.5, 0.6) is 0 Å². The van der Waals surface area contributed by atoms with Crippen molar-refractivity contribution in [2.75, 3.05) is 37.8 Å². The fourth-order valence-electron chi connectivity index (χ4n) is 6.87. The Morgan fingerprint density at radius 1 is 0.889 bits per heavy atom. The highest BCUT2D eigenvalue weighted by Crippen LogP contribution is 2.56. The van der Waals surface area contributed by atoms with Crippen molar-refractivity contribution in [3.05, 3.63) is 49.1 Å². The van der Waals surface area contributed by atoms with Crippen molar-refractivity contribution < 1.29 is 85.3 Å². The van der Waals surface area contributed by atoms with E-state index in [0.717, 1.165) is 93.2 Å². The van der Waals surface area contributed by atoms with E-state index in [9.17, 15) is 62.7 Å². The number of hydrogen-bond donors (Lipinski definition) is 5. The molecule has 3 heterocycles. The number of rotatable bonds is 36. The Bertz CT molecular complexity index is 2300. The van der Waals surface area contributed by atoms with Crippen molar-refractivity contribution >= 4 is 74.9 Å². The first-order valence-corrected chi connectivity index (χ1v) is 28.8. The van der Waals surface area contributed by atoms with Crippen LogP contribution in [0.4, 0.5) is 5.82 Å². The first-order valence-electron chi connectivity index (χ1n) is 23.4. The minimum Gasteiger partial charge on any atom is -0.790 e. The largest absolute Gasteiger partial charge is 0.790 e. The van der Waals surface area contributed by atoms with E-state index in [0.29, 0.717) is 6.42 Å². The molecule has 1 saturated heterocycles. The third kappa shape index (κ3) is 23.8. The van der Waals surface area contributed by atoms with Gasteiger partial charge in [0, 0.05) is 37.1 Å². The highest BCUT2D eigenvalue weighted by atomic mass is 32.2. The van der Waals surface area contributed by atoms with E-state index in [-0.39, 0.29) is 59.6 Å². The number of phosphoric acid groups is 3. The second kappa shape index (κ2) is 31.4. The van der Waals surface area contributed by atoms with E-state index in [4.69, 9.17) is 10.5 Å². The van der Waals surface area contributed by atoms with Gasteiger partial charge in [0.25, 0.3) is 15.6 Å². The average molecular weight is 1090 g/mol. The number of ether oxygens (including phenoxy) is 1. The molecular formula is C43H66N7O18P3S-4. The number of thioether (sulfide) groups is 1. The van der Waals surface area contributed by atoms with Crippen LogP contribution in [-0.4, -0.2) is 109 Å². The molecule has 0 radical (unpaired) electrons. The lowest BCUT2D eigenvalue weighted by atomic mass is 9.87. The Morgan fingerprint density at radius 3 is 2.21 bits per heavy atom. The van der Waals surface area contributed by atoms with Crippen LogP contribution in [0.2, 0.25) is 0 Å². The number of nitrogen functional groups attached to an aromatic ring is 1. The average Bonchev–Trinajstić information content (AvgIpc) is 3.86. The lowest BCUT2D eigenvalue weighted by molar-refractivity contribution is -0.347. The maximum absolute atomic E-state index is 12.7. The van der Waals surface area contributed by atoms with Gasteiger partial charge in [-0.25, -0.2) is 19.3 Å². The van der Waals surface area contributed by atoms with Gasteiger partial charge in [-0.3, -0.25) is 32.9 Å². The number of carbonyl (C=O) groups excluding carboxylic acids is 4. The minimum atomic E-state index is -5.94. The van der Waals surface area contributed by atoms with Gasteiger partial charge in [0.15, 0.2) is 22.8 Å². The molecule has 1 aliphatic heterocycles. The summed E-state index contributed by atoms with van der Waals surface area (Å²) in [4.78, 5) is 109. The fraction of sp³-hybridized carbons (Fsp3) is 0.651. The molecule has 2 unspecified atom stereocenters. The number of unbranched alkanes of at least 4 members (excludes halogenated alkanes) is 7. The Kier molecular flexibility index (Phi) is 27.3. The molecule has 1 fully saturated rings. The summed E-state index contributed by atoms with van der Waals surface area (Å²) in [6.45, 7) is 2.04. The van der Waals surface area contributed by atoms with Crippen LogP contribution in [0, 0.1) is 5.41 Å². The topological polar surface area (TPSA) is 392 Å². The molecule has 7 atom stereocenters. The van der Waals surface area contributed by atoms with Crippen molar-refractivity contribution in [2.24, 2.45) is 5.41 Å². The number of ketones is 1. The van der Waals surface area contributed by atoms with E-state index in [1.807, 2.05) is 0 Å². The molecule has 0 aromatic carbocycles. The third-order valence-corrected chi connectivity index (χ3v) is 14.6. The number of imidazole rings is 1. The Morgan fingerprint density at radius 2 is 1.53 bits per heavy atom. The second-order valence-electron chi connectivity index (χ2n) is 17.2. The Hall–Kier alpha value is -3.55. The summed E-state index contributed by atoms with van der Waals surface area (Å²) in [5.41, 5.74) is 4.05. The number of anilines is 1. The lowest BCUT2D eigenvalue weighted by Gasteiger charge is -2.36. The number of fused-ring (bicyclic) bond motifs is 1. The van der Waals surface area contributed by atoms with Crippen LogP contribution in [0.15, 0.2) is 49.1 Å². The zero-order chi connectivity index (χ0) is 53.4. The molecule has 0 spiro atoms. The van der Waals surface area contributed by atoms with Crippen molar-refractivity contribution in [1.82, 2.24) is 30.2 Å². The van der Waals surface area contributed by atoms with Gasteiger partial charge in [-0.1, -0.05) is 101 Å². The van der Waals surface area contributed by atoms with Crippen LogP contribution in [-0.2, 0) is 55.5 Å². The van der Waals surface area contributed by atoms with Crippen LogP contribution in [0.25, 0.3) is 11.2 Å². The number of aromatic nitrogens is 4. The predicted molar refractivity (Wildman–Crippen MR) is 256 cm³/mol. The van der Waals surface area contributed by atoms with Gasteiger partial charge in [0.1, 0.15) is 42.0 Å². The summed E-state index contributed by atoms with van der Waals surface area (Å²) >= 11 is 0.921. The van der Waals surface area contributed by atoms with Gasteiger partial charge >= 0.3 is 0 Å². The van der Waals surface area contributed by atoms with Crippen LogP contribution in [0.1, 0.15) is 117 Å². The summed E-state index contributed by atoms with van der Waals surface area (Å²) < 4.78 is 60.8. The number of aliphatic hydroxyl groups is 2. The number of Topliss-reactive ketones (excluding diaryl/α,β-unsaturated/α-hetero) is 1. The number of nitrogens with zero attached hydrogens (tertiary/aromatic N) is 4. The summed E-state index contributed by atoms with van der Waals surface area (Å²) in [6, 6.07) is 0. The Labute approximate surface area is 422 Å². The molecule has 0 saturated carbocycles. The smallest absolute Gasteiger partial charge is 0.274 e. The van der Waals surface area contributed by atoms with Gasteiger partial charge in [0.2, 0.25) is 11.8 Å². The molecule has 3 rings (SSSR count). The van der Waals surface area contributed by atoms with E-state index >= 15 is 0 Å². The number of hydrogen-bond acceptors (Lipinski definition) is 23. The number of phosphoric ester groups is 3. The first kappa shape index (κ1) is 62.7. The monoisotopic (exact) mass is 1090 g/mol. The standard InChI is InChI=1S/C43H70N7O18P3S/c1-4-5-6-7-8-9-10-11-12-13-14-15-16-17-18-19-20-21-31(51)26-34(53)72-25-24-45-33(52)22-23-46-41(56)38(55)43(2,3)28-65-71(62,63)68-70(60,61)64-27-32-37(67-69(57,58)59)36(54)42(66-32)50-30-49-35-39(44)47-29-48-40(35)50/h5-6,8-9,11-12,29-30,32,36-38,42,54-55H,4,7,10,13-28H2,1-3H3,(H,45,52)(H,46,56)(H,60,61)(H,62,63)(H2,44,47,48)(H2,57,58,59)/p-4/b6-5-,9-8-,12-11-/t32-,36-,37-,38+,42-/m1/s1. The zero-order valence-corrected chi connectivity index (χ0v) is 44.0. The van der Waals surface area contributed by atoms with Gasteiger partial charge in [0.05, 0.1) is 33.8 Å². The van der Waals surface area contributed by atoms with Crippen molar-refractivity contribution in [3.63, 3.8) is 0 Å². The molecule has 2 aromatic rings. The van der Waals surface area contributed by atoms with Gasteiger partial charge in [-0.15, -0.1) is 0 Å². The third-order valence-electron chi connectivity index (χ3n) is 10.7. The first-order chi connectivity index (χ1) is 33.9. The highest BCUT2D eigenvalue weighted by molar-refractivity contribution is 8.13. The van der Waals surface area contributed by atoms with Gasteiger partial charge in [-0.05, 0) is 38.5 Å². The molecular weight excluding hydrogens is 1030 g/mol. The Balaban J connectivity index is 1.27. The van der Waals surface area contributed by atoms with Crippen molar-refractivity contribution in [2.45, 2.75) is 141 Å². The number of nitrogens with two attached hydrogens (primary N) is 1. The molecule has 1 aliphatic rings. The molecule has 2 aromatic heterocycles. The molecule has 29 heteroatoms. The summed E-state index contributed by atoms with van der Waals surface area (Å²) in [6.07, 6.45) is 17.0. The van der Waals surface area contributed by atoms with Crippen molar-refractivity contribution in [1.29, 1.82) is 0 Å². The molecule has 6 N–H and O–H groups in total. The molecule has 0 aliphatic carbocycles. The molecule has 72 heavy (non-hydrogen) atoms. The van der Waals surface area contributed by atoms with E-state index in [1.165, 1.54) is 20.3 Å². The lowest BCUT2D eigenvalue weighted by Crippen LogP contribution is -2.46. The van der Waals surface area contributed by atoms with Crippen LogP contribution in [0.3, 0.4) is 0 Å². The normalized spacial score (nSPS) is 19.8. The SMILES string of the molecule is CC/C=C\C/C=C\C/C=C\CCCCCCCCCC(=O)CC(=O)SCCNC(=O)CCNC(=O)[C@H](O)C(C)(C)COP(=O)([O-])OP(=O)([O-])OC[C@H]1O[C@@H](n2cnc3c(N)ncnc32)[C@H](O)[C@@H]1OP(=O)([O-])[O-]. The number of nitrogens with one attached hydrogen (secondary N) is 2. The van der Waals surface area contributed by atoms with Crippen molar-refractivity contribution in [3.8, 4) is 0 Å². The summed E-state index contributed by atoms with van der Waals surface area (Å²) in [5, 5.41) is 26.0. The van der Waals surface area contributed by atoms with Gasteiger partial charge < -0.3 is 69.0 Å². The van der Waals surface area contributed by atoms with E-state index in [1.54, 1.807) is 0 Å². The number of carbonyl (C=O) groups is 4. The molecule has 0 bridgehead atoms. The zero-order valence-electron chi connectivity index (χ0n) is 40.5. The van der Waals surface area contributed by atoms with E-state index in [2.05, 4.69) is 86.8 Å². The number of aliphatic hydroxyl groups excluding tert-OH is 2. The maximum atomic E-state index is 12.7. The van der Waals surface area contributed by atoms with Crippen LogP contribution >= 0.6 is 35.2 Å². The molecule has 25 nitrogen and oxygen atoms in total. The number of amides is 2.